The molecule has 0 aliphatic carbocycles. The Hall–Kier alpha value is 0.610. The van der Waals surface area contributed by atoms with Crippen LogP contribution in [0.3, 0.4) is 0 Å². The van der Waals surface area contributed by atoms with Crippen LogP contribution in [0, 0.1) is 0 Å². The van der Waals surface area contributed by atoms with Crippen LogP contribution < -0.4 is 27.9 Å². The van der Waals surface area contributed by atoms with Crippen molar-refractivity contribution in [2.75, 3.05) is 0 Å². The number of hydrogen-bond acceptors (Lipinski definition) is 3. The third-order valence-electron chi connectivity index (χ3n) is 1.69. The second-order valence-electron chi connectivity index (χ2n) is 2.83. The Morgan fingerprint density at radius 3 is 2.25 bits per heavy atom. The summed E-state index contributed by atoms with van der Waals surface area (Å²) in [6.45, 7) is 4.13. The summed E-state index contributed by atoms with van der Waals surface area (Å²) in [6, 6.07) is 0. The minimum absolute atomic E-state index is 0.0462. The summed E-state index contributed by atoms with van der Waals surface area (Å²) in [5.41, 5.74) is 0. The van der Waals surface area contributed by atoms with Crippen LogP contribution >= 0.6 is 0 Å². The predicted octanol–water partition coefficient (Wildman–Crippen LogP) is -2.55. The topological polar surface area (TPSA) is 55.3 Å². The highest BCUT2D eigenvalue weighted by Crippen LogP contribution is 2.07. The molecule has 1 atom stereocenters. The highest BCUT2D eigenvalue weighted by atomic mass is 127. The molecule has 0 amide bonds. The zero-order valence-corrected chi connectivity index (χ0v) is 9.87. The molecule has 0 radical (unpaired) electrons. The molecule has 4 heteroatoms. The maximum absolute atomic E-state index is 10.4. The molecule has 0 bridgehead atoms. The van der Waals surface area contributed by atoms with Crippen molar-refractivity contribution in [1.82, 2.24) is 0 Å². The zero-order valence-electron chi connectivity index (χ0n) is 7.72. The van der Waals surface area contributed by atoms with E-state index in [1.54, 1.807) is 0 Å². The first-order valence-corrected chi connectivity index (χ1v) is 7.07. The Labute approximate surface area is 83.2 Å². The standard InChI is InChI=1S/C8H17IO3/c1-3-5-7-8(6-4-2)12-9(10)11/h8H,3-7H2,1-2H3. The van der Waals surface area contributed by atoms with Gasteiger partial charge in [-0.3, -0.25) is 0 Å². The van der Waals surface area contributed by atoms with E-state index in [4.69, 9.17) is 3.07 Å². The summed E-state index contributed by atoms with van der Waals surface area (Å²) in [5.74, 6) is 0. The van der Waals surface area contributed by atoms with E-state index in [0.717, 1.165) is 32.1 Å². The molecule has 12 heavy (non-hydrogen) atoms. The molecule has 0 N–H and O–H groups in total. The van der Waals surface area contributed by atoms with Crippen LogP contribution in [0.25, 0.3) is 0 Å². The van der Waals surface area contributed by atoms with Crippen molar-refractivity contribution in [3.63, 3.8) is 0 Å². The quantitative estimate of drug-likeness (QED) is 0.485. The molecule has 0 aliphatic heterocycles. The maximum Gasteiger partial charge on any atom is 0.506 e. The maximum atomic E-state index is 10.4. The Morgan fingerprint density at radius 1 is 1.17 bits per heavy atom. The van der Waals surface area contributed by atoms with Gasteiger partial charge in [-0.15, -0.1) is 0 Å². The Kier molecular flexibility index (Phi) is 8.64. The summed E-state index contributed by atoms with van der Waals surface area (Å²) >= 11 is -3.45. The SMILES string of the molecule is CCCCC(CCC)O[I+2]([O-])[O-]. The van der Waals surface area contributed by atoms with Crippen molar-refractivity contribution in [2.24, 2.45) is 0 Å². The zero-order chi connectivity index (χ0) is 9.40. The Morgan fingerprint density at radius 2 is 1.83 bits per heavy atom. The van der Waals surface area contributed by atoms with Crippen LogP contribution in [-0.4, -0.2) is 6.10 Å². The molecule has 3 nitrogen and oxygen atoms in total. The van der Waals surface area contributed by atoms with Gasteiger partial charge in [-0.2, -0.15) is 0 Å². The normalized spacial score (nSPS) is 13.8. The van der Waals surface area contributed by atoms with Gasteiger partial charge in [-0.1, -0.05) is 33.1 Å². The molecular formula is C8H17IO3. The highest BCUT2D eigenvalue weighted by Gasteiger charge is 2.22. The largest absolute Gasteiger partial charge is 0.506 e. The lowest BCUT2D eigenvalue weighted by Gasteiger charge is -2.07. The average molecular weight is 288 g/mol. The molecule has 0 aliphatic rings. The van der Waals surface area contributed by atoms with Crippen molar-refractivity contribution in [3.8, 4) is 0 Å². The summed E-state index contributed by atoms with van der Waals surface area (Å²) in [4.78, 5) is 0. The lowest BCUT2D eigenvalue weighted by atomic mass is 10.1. The fraction of sp³-hybridized carbons (Fsp3) is 1.00. The van der Waals surface area contributed by atoms with E-state index in [1.165, 1.54) is 0 Å². The molecule has 0 rings (SSSR count). The second-order valence-corrected chi connectivity index (χ2v) is 4.42. The van der Waals surface area contributed by atoms with E-state index < -0.39 is 21.1 Å². The van der Waals surface area contributed by atoms with Crippen molar-refractivity contribution in [3.05, 3.63) is 0 Å². The molecule has 0 saturated heterocycles. The number of hydrogen-bond donors (Lipinski definition) is 0. The Bertz CT molecular complexity index is 98.3. The van der Waals surface area contributed by atoms with Crippen LogP contribution in [0.5, 0.6) is 0 Å². The second kappa shape index (κ2) is 8.22. The number of halogens is 1. The fourth-order valence-corrected chi connectivity index (χ4v) is 2.19. The minimum atomic E-state index is -3.45. The molecular weight excluding hydrogens is 271 g/mol. The predicted molar refractivity (Wildman–Crippen MR) is 39.3 cm³/mol. The van der Waals surface area contributed by atoms with Crippen LogP contribution in [-0.2, 0) is 3.07 Å². The summed E-state index contributed by atoms with van der Waals surface area (Å²) < 4.78 is 25.5. The van der Waals surface area contributed by atoms with E-state index in [0.29, 0.717) is 0 Å². The average Bonchev–Trinajstić information content (AvgIpc) is 2.00. The first kappa shape index (κ1) is 12.6. The van der Waals surface area contributed by atoms with Crippen LogP contribution in [0.15, 0.2) is 0 Å². The molecule has 0 aromatic rings. The van der Waals surface area contributed by atoms with Gasteiger partial charge in [0.15, 0.2) is 6.10 Å². The lowest BCUT2D eigenvalue weighted by molar-refractivity contribution is -1.63. The third kappa shape index (κ3) is 7.27. The summed E-state index contributed by atoms with van der Waals surface area (Å²) in [7, 11) is 0. The first-order chi connectivity index (χ1) is 5.70. The van der Waals surface area contributed by atoms with Crippen LogP contribution in [0.1, 0.15) is 46.0 Å². The molecule has 0 aromatic heterocycles. The highest BCUT2D eigenvalue weighted by molar-refractivity contribution is 4.54. The van der Waals surface area contributed by atoms with E-state index in [-0.39, 0.29) is 6.10 Å². The van der Waals surface area contributed by atoms with Crippen molar-refractivity contribution < 1.29 is 31.0 Å². The first-order valence-electron chi connectivity index (χ1n) is 4.43. The summed E-state index contributed by atoms with van der Waals surface area (Å²) in [6.07, 6.45) is 4.82. The van der Waals surface area contributed by atoms with E-state index >= 15 is 0 Å². The molecule has 0 aromatic carbocycles. The van der Waals surface area contributed by atoms with Crippen molar-refractivity contribution in [1.29, 1.82) is 0 Å². The van der Waals surface area contributed by atoms with E-state index in [1.807, 2.05) is 6.92 Å². The van der Waals surface area contributed by atoms with E-state index in [9.17, 15) is 6.87 Å². The van der Waals surface area contributed by atoms with Gasteiger partial charge in [0.05, 0.1) is 0 Å². The molecule has 0 saturated carbocycles. The van der Waals surface area contributed by atoms with Gasteiger partial charge in [0.25, 0.3) is 0 Å². The Balaban J connectivity index is 3.54. The van der Waals surface area contributed by atoms with Gasteiger partial charge in [0.1, 0.15) is 0 Å². The third-order valence-corrected chi connectivity index (χ3v) is 2.82. The lowest BCUT2D eigenvalue weighted by Crippen LogP contribution is -3.99. The van der Waals surface area contributed by atoms with Crippen molar-refractivity contribution in [2.45, 2.75) is 52.1 Å². The number of rotatable bonds is 7. The molecule has 74 valence electrons. The molecule has 1 unspecified atom stereocenters. The molecule has 0 fully saturated rings. The van der Waals surface area contributed by atoms with Gasteiger partial charge < -0.3 is 6.87 Å². The van der Waals surface area contributed by atoms with Gasteiger partial charge in [0, 0.05) is 0 Å². The molecule has 0 spiro atoms. The van der Waals surface area contributed by atoms with Crippen LogP contribution in [0.2, 0.25) is 0 Å². The monoisotopic (exact) mass is 288 g/mol. The van der Waals surface area contributed by atoms with Gasteiger partial charge in [0.2, 0.25) is 0 Å². The van der Waals surface area contributed by atoms with Crippen molar-refractivity contribution >= 4 is 0 Å². The minimum Gasteiger partial charge on any atom is -0.396 e. The van der Waals surface area contributed by atoms with Crippen LogP contribution in [0.4, 0.5) is 0 Å². The number of unbranched alkanes of at least 4 members (excludes halogenated alkanes) is 1. The molecule has 0 heterocycles. The van der Waals surface area contributed by atoms with Gasteiger partial charge in [-0.05, 0) is 15.9 Å². The van der Waals surface area contributed by atoms with Gasteiger partial charge in [-0.25, -0.2) is 0 Å². The smallest absolute Gasteiger partial charge is 0.396 e. The van der Waals surface area contributed by atoms with Gasteiger partial charge >= 0.3 is 21.1 Å². The van der Waals surface area contributed by atoms with E-state index in [2.05, 4.69) is 6.92 Å². The fourth-order valence-electron chi connectivity index (χ4n) is 1.09. The summed E-state index contributed by atoms with van der Waals surface area (Å²) in [5, 5.41) is 0.